The molecule has 0 aromatic heterocycles. The molecule has 2 aromatic carbocycles. The van der Waals surface area contributed by atoms with Crippen LogP contribution in [0.3, 0.4) is 0 Å². The standard InChI is InChI=1S/C19H20Br2N2O3/c1-12(2)15-9-14(20)5-7-17(15)26-11-19(24)23-22-10-13-4-6-18(25-3)16(21)8-13/h4-10,12H,11H2,1-3H3,(H,23,24)/b22-10+. The van der Waals surface area contributed by atoms with Gasteiger partial charge < -0.3 is 9.47 Å². The number of ether oxygens (including phenoxy) is 2. The second kappa shape index (κ2) is 9.73. The molecule has 0 atom stereocenters. The maximum absolute atomic E-state index is 11.9. The smallest absolute Gasteiger partial charge is 0.277 e. The molecule has 0 heterocycles. The van der Waals surface area contributed by atoms with E-state index in [4.69, 9.17) is 9.47 Å². The van der Waals surface area contributed by atoms with Crippen LogP contribution >= 0.6 is 31.9 Å². The van der Waals surface area contributed by atoms with Crippen LogP contribution < -0.4 is 14.9 Å². The zero-order valence-electron chi connectivity index (χ0n) is 14.8. The summed E-state index contributed by atoms with van der Waals surface area (Å²) in [6.45, 7) is 4.04. The Balaban J connectivity index is 1.90. The summed E-state index contributed by atoms with van der Waals surface area (Å²) in [5.74, 6) is 1.39. The van der Waals surface area contributed by atoms with Crippen LogP contribution in [0, 0.1) is 0 Å². The molecule has 0 radical (unpaired) electrons. The fourth-order valence-electron chi connectivity index (χ4n) is 2.22. The van der Waals surface area contributed by atoms with Crippen LogP contribution in [0.5, 0.6) is 11.5 Å². The van der Waals surface area contributed by atoms with Gasteiger partial charge >= 0.3 is 0 Å². The molecule has 138 valence electrons. The Hall–Kier alpha value is -1.86. The molecule has 0 aliphatic carbocycles. The highest BCUT2D eigenvalue weighted by Gasteiger charge is 2.10. The van der Waals surface area contributed by atoms with Crippen LogP contribution in [-0.2, 0) is 4.79 Å². The third-order valence-corrected chi connectivity index (χ3v) is 4.64. The molecule has 0 saturated carbocycles. The van der Waals surface area contributed by atoms with E-state index in [1.165, 1.54) is 0 Å². The first-order valence-electron chi connectivity index (χ1n) is 7.98. The van der Waals surface area contributed by atoms with E-state index in [0.29, 0.717) is 5.75 Å². The number of benzene rings is 2. The van der Waals surface area contributed by atoms with Crippen molar-refractivity contribution in [2.75, 3.05) is 13.7 Å². The van der Waals surface area contributed by atoms with Crippen molar-refractivity contribution in [3.63, 3.8) is 0 Å². The second-order valence-corrected chi connectivity index (χ2v) is 7.58. The van der Waals surface area contributed by atoms with E-state index < -0.39 is 0 Å². The van der Waals surface area contributed by atoms with Crippen LogP contribution in [0.15, 0.2) is 50.4 Å². The number of hydrogen-bond acceptors (Lipinski definition) is 4. The molecule has 1 amide bonds. The van der Waals surface area contributed by atoms with E-state index in [0.717, 1.165) is 25.8 Å². The number of methoxy groups -OCH3 is 1. The molecule has 7 heteroatoms. The number of halogens is 2. The highest BCUT2D eigenvalue weighted by atomic mass is 79.9. The van der Waals surface area contributed by atoms with Crippen molar-refractivity contribution in [2.24, 2.45) is 5.10 Å². The number of amides is 1. The molecule has 0 fully saturated rings. The van der Waals surface area contributed by atoms with Gasteiger partial charge in [-0.2, -0.15) is 5.10 Å². The number of nitrogens with zero attached hydrogens (tertiary/aromatic N) is 1. The van der Waals surface area contributed by atoms with E-state index in [1.54, 1.807) is 13.3 Å². The Morgan fingerprint density at radius 3 is 2.58 bits per heavy atom. The zero-order valence-corrected chi connectivity index (χ0v) is 17.9. The van der Waals surface area contributed by atoms with Crippen molar-refractivity contribution in [2.45, 2.75) is 19.8 Å². The molecule has 0 aliphatic heterocycles. The first-order chi connectivity index (χ1) is 12.4. The molecule has 1 N–H and O–H groups in total. The normalized spacial score (nSPS) is 11.0. The monoisotopic (exact) mass is 482 g/mol. The van der Waals surface area contributed by atoms with Gasteiger partial charge in [-0.1, -0.05) is 29.8 Å². The first kappa shape index (κ1) is 20.5. The van der Waals surface area contributed by atoms with E-state index in [-0.39, 0.29) is 18.4 Å². The second-order valence-electron chi connectivity index (χ2n) is 5.81. The minimum absolute atomic E-state index is 0.106. The van der Waals surface area contributed by atoms with Gasteiger partial charge in [0.1, 0.15) is 11.5 Å². The molecular weight excluding hydrogens is 464 g/mol. The molecule has 0 bridgehead atoms. The van der Waals surface area contributed by atoms with Gasteiger partial charge in [-0.3, -0.25) is 4.79 Å². The summed E-state index contributed by atoms with van der Waals surface area (Å²) in [6, 6.07) is 11.2. The van der Waals surface area contributed by atoms with Gasteiger partial charge in [-0.15, -0.1) is 0 Å². The quantitative estimate of drug-likeness (QED) is 0.451. The van der Waals surface area contributed by atoms with Crippen molar-refractivity contribution in [1.29, 1.82) is 0 Å². The summed E-state index contributed by atoms with van der Waals surface area (Å²) in [7, 11) is 1.60. The Kier molecular flexibility index (Phi) is 7.66. The molecule has 0 spiro atoms. The van der Waals surface area contributed by atoms with Crippen molar-refractivity contribution in [3.8, 4) is 11.5 Å². The van der Waals surface area contributed by atoms with Crippen LogP contribution in [-0.4, -0.2) is 25.8 Å². The van der Waals surface area contributed by atoms with E-state index in [1.807, 2.05) is 36.4 Å². The van der Waals surface area contributed by atoms with Crippen LogP contribution in [0.1, 0.15) is 30.9 Å². The maximum Gasteiger partial charge on any atom is 0.277 e. The van der Waals surface area contributed by atoms with Crippen molar-refractivity contribution >= 4 is 44.0 Å². The summed E-state index contributed by atoms with van der Waals surface area (Å²) in [5.41, 5.74) is 4.33. The minimum atomic E-state index is -0.327. The highest BCUT2D eigenvalue weighted by molar-refractivity contribution is 9.10. The van der Waals surface area contributed by atoms with E-state index >= 15 is 0 Å². The number of nitrogens with one attached hydrogen (secondary N) is 1. The number of hydrogen-bond donors (Lipinski definition) is 1. The van der Waals surface area contributed by atoms with Crippen LogP contribution in [0.4, 0.5) is 0 Å². The average molecular weight is 484 g/mol. The number of rotatable bonds is 7. The predicted octanol–water partition coefficient (Wildman–Crippen LogP) is 4.87. The number of carbonyl (C=O) groups excluding carboxylic acids is 1. The predicted molar refractivity (Wildman–Crippen MR) is 110 cm³/mol. The summed E-state index contributed by atoms with van der Waals surface area (Å²) in [4.78, 5) is 11.9. The lowest BCUT2D eigenvalue weighted by molar-refractivity contribution is -0.123. The minimum Gasteiger partial charge on any atom is -0.496 e. The Labute approximate surface area is 170 Å². The van der Waals surface area contributed by atoms with Gasteiger partial charge in [0.2, 0.25) is 0 Å². The lowest BCUT2D eigenvalue weighted by atomic mass is 10.0. The van der Waals surface area contributed by atoms with Gasteiger partial charge in [0.25, 0.3) is 5.91 Å². The molecule has 2 aromatic rings. The summed E-state index contributed by atoms with van der Waals surface area (Å²) in [6.07, 6.45) is 1.56. The van der Waals surface area contributed by atoms with Gasteiger partial charge in [0, 0.05) is 4.47 Å². The summed E-state index contributed by atoms with van der Waals surface area (Å²) < 4.78 is 12.6. The Morgan fingerprint density at radius 1 is 1.19 bits per heavy atom. The topological polar surface area (TPSA) is 59.9 Å². The lowest BCUT2D eigenvalue weighted by Gasteiger charge is -2.13. The van der Waals surface area contributed by atoms with Gasteiger partial charge in [0.05, 0.1) is 17.8 Å². The van der Waals surface area contributed by atoms with Crippen LogP contribution in [0.2, 0.25) is 0 Å². The van der Waals surface area contributed by atoms with Crippen molar-refractivity contribution in [1.82, 2.24) is 5.43 Å². The summed E-state index contributed by atoms with van der Waals surface area (Å²) >= 11 is 6.85. The highest BCUT2D eigenvalue weighted by Crippen LogP contribution is 2.29. The maximum atomic E-state index is 11.9. The zero-order chi connectivity index (χ0) is 19.1. The molecule has 2 rings (SSSR count). The van der Waals surface area contributed by atoms with E-state index in [9.17, 15) is 4.79 Å². The fraction of sp³-hybridized carbons (Fsp3) is 0.263. The fourth-order valence-corrected chi connectivity index (χ4v) is 3.16. The average Bonchev–Trinajstić information content (AvgIpc) is 2.60. The first-order valence-corrected chi connectivity index (χ1v) is 9.57. The number of carbonyl (C=O) groups is 1. The molecule has 0 unspecified atom stereocenters. The van der Waals surface area contributed by atoms with Crippen molar-refractivity contribution < 1.29 is 14.3 Å². The SMILES string of the molecule is COc1ccc(/C=N/NC(=O)COc2ccc(Br)cc2C(C)C)cc1Br. The Bertz CT molecular complexity index is 807. The summed E-state index contributed by atoms with van der Waals surface area (Å²) in [5, 5.41) is 3.95. The van der Waals surface area contributed by atoms with Gasteiger partial charge in [0.15, 0.2) is 6.61 Å². The number of hydrazone groups is 1. The molecule has 0 saturated heterocycles. The molecular formula is C19H20Br2N2O3. The third kappa shape index (κ3) is 5.85. The molecule has 0 aliphatic rings. The van der Waals surface area contributed by atoms with E-state index in [2.05, 4.69) is 56.2 Å². The lowest BCUT2D eigenvalue weighted by Crippen LogP contribution is -2.24. The van der Waals surface area contributed by atoms with Gasteiger partial charge in [-0.25, -0.2) is 5.43 Å². The van der Waals surface area contributed by atoms with Crippen molar-refractivity contribution in [3.05, 3.63) is 56.5 Å². The molecule has 26 heavy (non-hydrogen) atoms. The third-order valence-electron chi connectivity index (χ3n) is 3.53. The molecule has 5 nitrogen and oxygen atoms in total. The van der Waals surface area contributed by atoms with Crippen LogP contribution in [0.25, 0.3) is 0 Å². The largest absolute Gasteiger partial charge is 0.496 e. The Morgan fingerprint density at radius 2 is 1.92 bits per heavy atom. The van der Waals surface area contributed by atoms with Gasteiger partial charge in [-0.05, 0) is 69.4 Å².